The van der Waals surface area contributed by atoms with Crippen molar-refractivity contribution in [2.75, 3.05) is 18.7 Å². The highest BCUT2D eigenvalue weighted by Crippen LogP contribution is 2.34. The van der Waals surface area contributed by atoms with Gasteiger partial charge in [0.05, 0.1) is 0 Å². The lowest BCUT2D eigenvalue weighted by atomic mass is 10.1. The van der Waals surface area contributed by atoms with Crippen molar-refractivity contribution >= 4 is 23.5 Å². The maximum Gasteiger partial charge on any atom is 0.329 e. The van der Waals surface area contributed by atoms with Crippen LogP contribution in [-0.2, 0) is 20.7 Å². The molecule has 0 saturated heterocycles. The van der Waals surface area contributed by atoms with Gasteiger partial charge in [0.1, 0.15) is 6.04 Å². The Labute approximate surface area is 190 Å². The molecule has 0 spiro atoms. The first-order valence-electron chi connectivity index (χ1n) is 10.3. The summed E-state index contributed by atoms with van der Waals surface area (Å²) in [7, 11) is 0. The average Bonchev–Trinajstić information content (AvgIpc) is 3.31. The molecule has 8 heteroatoms. The SMILES string of the molecule is O=C(COC(=O)C(Cc1ccccc1)NC(=O)c1ccccc1)Nc1ccc2c(c1)OCO2. The second-order valence-corrected chi connectivity index (χ2v) is 7.31. The van der Waals surface area contributed by atoms with Gasteiger partial charge in [-0.15, -0.1) is 0 Å². The number of nitrogens with one attached hydrogen (secondary N) is 2. The Morgan fingerprint density at radius 2 is 1.58 bits per heavy atom. The first-order chi connectivity index (χ1) is 16.1. The van der Waals surface area contributed by atoms with Crippen LogP contribution in [0.4, 0.5) is 5.69 Å². The van der Waals surface area contributed by atoms with Crippen molar-refractivity contribution in [2.45, 2.75) is 12.5 Å². The van der Waals surface area contributed by atoms with E-state index in [2.05, 4.69) is 10.6 Å². The molecular formula is C25H22N2O6. The Hall–Kier alpha value is -4.33. The number of benzene rings is 3. The number of carbonyl (C=O) groups excluding carboxylic acids is 3. The maximum absolute atomic E-state index is 12.8. The van der Waals surface area contributed by atoms with Gasteiger partial charge in [-0.1, -0.05) is 48.5 Å². The Morgan fingerprint density at radius 3 is 2.33 bits per heavy atom. The predicted molar refractivity (Wildman–Crippen MR) is 120 cm³/mol. The number of anilines is 1. The number of esters is 1. The van der Waals surface area contributed by atoms with Crippen molar-refractivity contribution in [3.05, 3.63) is 90.0 Å². The number of fused-ring (bicyclic) bond motifs is 1. The van der Waals surface area contributed by atoms with Crippen LogP contribution in [0.3, 0.4) is 0 Å². The highest BCUT2D eigenvalue weighted by molar-refractivity contribution is 5.97. The van der Waals surface area contributed by atoms with Crippen molar-refractivity contribution in [1.29, 1.82) is 0 Å². The van der Waals surface area contributed by atoms with Gasteiger partial charge in [0, 0.05) is 23.7 Å². The van der Waals surface area contributed by atoms with Crippen LogP contribution in [0.5, 0.6) is 11.5 Å². The molecule has 1 aliphatic rings. The molecule has 0 saturated carbocycles. The van der Waals surface area contributed by atoms with E-state index in [-0.39, 0.29) is 13.2 Å². The largest absolute Gasteiger partial charge is 0.454 e. The second kappa shape index (κ2) is 10.3. The quantitative estimate of drug-likeness (QED) is 0.516. The van der Waals surface area contributed by atoms with Crippen LogP contribution in [0, 0.1) is 0 Å². The van der Waals surface area contributed by atoms with E-state index in [4.69, 9.17) is 14.2 Å². The van der Waals surface area contributed by atoms with Gasteiger partial charge in [-0.05, 0) is 29.8 Å². The molecule has 1 unspecified atom stereocenters. The molecule has 3 aromatic rings. The van der Waals surface area contributed by atoms with Crippen molar-refractivity contribution in [1.82, 2.24) is 5.32 Å². The molecule has 2 N–H and O–H groups in total. The van der Waals surface area contributed by atoms with Gasteiger partial charge in [0.15, 0.2) is 18.1 Å². The summed E-state index contributed by atoms with van der Waals surface area (Å²) in [6.45, 7) is -0.373. The number of hydrogen-bond donors (Lipinski definition) is 2. The molecule has 168 valence electrons. The number of carbonyl (C=O) groups is 3. The van der Waals surface area contributed by atoms with Gasteiger partial charge in [-0.3, -0.25) is 9.59 Å². The predicted octanol–water partition coefficient (Wildman–Crippen LogP) is 2.94. The molecule has 0 fully saturated rings. The highest BCUT2D eigenvalue weighted by atomic mass is 16.7. The molecule has 0 bridgehead atoms. The zero-order valence-electron chi connectivity index (χ0n) is 17.7. The van der Waals surface area contributed by atoms with Gasteiger partial charge in [0.2, 0.25) is 6.79 Å². The van der Waals surface area contributed by atoms with E-state index in [9.17, 15) is 14.4 Å². The molecule has 0 aliphatic carbocycles. The molecule has 1 atom stereocenters. The lowest BCUT2D eigenvalue weighted by molar-refractivity contribution is -0.149. The van der Waals surface area contributed by atoms with E-state index < -0.39 is 30.4 Å². The fraction of sp³-hybridized carbons (Fsp3) is 0.160. The first kappa shape index (κ1) is 21.9. The summed E-state index contributed by atoms with van der Waals surface area (Å²) in [4.78, 5) is 37.7. The standard InChI is InChI=1S/C25H22N2O6/c28-23(26-19-11-12-21-22(14-19)33-16-32-21)15-31-25(30)20(13-17-7-3-1-4-8-17)27-24(29)18-9-5-2-6-10-18/h1-12,14,20H,13,15-16H2,(H,26,28)(H,27,29). The highest BCUT2D eigenvalue weighted by Gasteiger charge is 2.24. The van der Waals surface area contributed by atoms with Gasteiger partial charge >= 0.3 is 5.97 Å². The van der Waals surface area contributed by atoms with Crippen LogP contribution in [0.2, 0.25) is 0 Å². The second-order valence-electron chi connectivity index (χ2n) is 7.31. The Balaban J connectivity index is 1.37. The Kier molecular flexibility index (Phi) is 6.84. The van der Waals surface area contributed by atoms with Crippen molar-refractivity contribution in [3.63, 3.8) is 0 Å². The third-order valence-corrected chi connectivity index (χ3v) is 4.91. The maximum atomic E-state index is 12.8. The number of rotatable bonds is 8. The third-order valence-electron chi connectivity index (χ3n) is 4.91. The summed E-state index contributed by atoms with van der Waals surface area (Å²) >= 11 is 0. The molecule has 1 heterocycles. The molecule has 3 aromatic carbocycles. The minimum absolute atomic E-state index is 0.127. The lowest BCUT2D eigenvalue weighted by Crippen LogP contribution is -2.44. The van der Waals surface area contributed by atoms with Crippen LogP contribution in [0.15, 0.2) is 78.9 Å². The van der Waals surface area contributed by atoms with Crippen LogP contribution >= 0.6 is 0 Å². The zero-order valence-corrected chi connectivity index (χ0v) is 17.7. The summed E-state index contributed by atoms with van der Waals surface area (Å²) in [6.07, 6.45) is 0.224. The van der Waals surface area contributed by atoms with Gasteiger partial charge < -0.3 is 24.8 Å². The first-order valence-corrected chi connectivity index (χ1v) is 10.3. The fourth-order valence-corrected chi connectivity index (χ4v) is 3.28. The number of hydrogen-bond acceptors (Lipinski definition) is 6. The molecule has 33 heavy (non-hydrogen) atoms. The summed E-state index contributed by atoms with van der Waals surface area (Å²) in [5.74, 6) is -0.508. The zero-order chi connectivity index (χ0) is 23.0. The Bertz CT molecular complexity index is 1130. The molecule has 4 rings (SSSR count). The van der Waals surface area contributed by atoms with Gasteiger partial charge in [-0.25, -0.2) is 4.79 Å². The van der Waals surface area contributed by atoms with E-state index >= 15 is 0 Å². The monoisotopic (exact) mass is 446 g/mol. The molecule has 0 aromatic heterocycles. The third kappa shape index (κ3) is 5.88. The van der Waals surface area contributed by atoms with Gasteiger partial charge in [0.25, 0.3) is 11.8 Å². The number of ether oxygens (including phenoxy) is 3. The fourth-order valence-electron chi connectivity index (χ4n) is 3.28. The minimum atomic E-state index is -0.960. The Morgan fingerprint density at radius 1 is 0.879 bits per heavy atom. The number of amides is 2. The van der Waals surface area contributed by atoms with Crippen LogP contribution in [0.25, 0.3) is 0 Å². The van der Waals surface area contributed by atoms with Crippen LogP contribution in [-0.4, -0.2) is 37.2 Å². The molecule has 1 aliphatic heterocycles. The van der Waals surface area contributed by atoms with Crippen LogP contribution < -0.4 is 20.1 Å². The van der Waals surface area contributed by atoms with E-state index in [0.29, 0.717) is 22.7 Å². The van der Waals surface area contributed by atoms with E-state index in [0.717, 1.165) is 5.56 Å². The lowest BCUT2D eigenvalue weighted by Gasteiger charge is -2.18. The van der Waals surface area contributed by atoms with Crippen molar-refractivity contribution < 1.29 is 28.6 Å². The molecular weight excluding hydrogens is 424 g/mol. The van der Waals surface area contributed by atoms with E-state index in [1.54, 1.807) is 48.5 Å². The summed E-state index contributed by atoms with van der Waals surface area (Å²) in [5.41, 5.74) is 1.75. The summed E-state index contributed by atoms with van der Waals surface area (Å²) in [5, 5.41) is 5.35. The smallest absolute Gasteiger partial charge is 0.329 e. The van der Waals surface area contributed by atoms with Crippen LogP contribution in [0.1, 0.15) is 15.9 Å². The summed E-state index contributed by atoms with van der Waals surface area (Å²) < 4.78 is 15.7. The molecule has 8 nitrogen and oxygen atoms in total. The minimum Gasteiger partial charge on any atom is -0.454 e. The van der Waals surface area contributed by atoms with E-state index in [1.165, 1.54) is 0 Å². The molecule has 0 radical (unpaired) electrons. The summed E-state index contributed by atoms with van der Waals surface area (Å²) in [6, 6.07) is 21.8. The van der Waals surface area contributed by atoms with E-state index in [1.807, 2.05) is 30.3 Å². The molecule has 2 amide bonds. The normalized spacial score (nSPS) is 12.5. The average molecular weight is 446 g/mol. The topological polar surface area (TPSA) is 103 Å². The van der Waals surface area contributed by atoms with Crippen molar-refractivity contribution in [2.24, 2.45) is 0 Å². The van der Waals surface area contributed by atoms with Gasteiger partial charge in [-0.2, -0.15) is 0 Å². The van der Waals surface area contributed by atoms with Crippen molar-refractivity contribution in [3.8, 4) is 11.5 Å².